The third-order valence-corrected chi connectivity index (χ3v) is 3.52. The quantitative estimate of drug-likeness (QED) is 0.735. The van der Waals surface area contributed by atoms with Crippen LogP contribution >= 0.6 is 0 Å². The maximum absolute atomic E-state index is 11.9. The van der Waals surface area contributed by atoms with Crippen LogP contribution in [0, 0.1) is 0 Å². The van der Waals surface area contributed by atoms with Gasteiger partial charge in [-0.15, -0.1) is 0 Å². The largest absolute Gasteiger partial charge is 0.493 e. The van der Waals surface area contributed by atoms with Crippen LogP contribution in [0.1, 0.15) is 24.8 Å². The number of hydrogen-bond acceptors (Lipinski definition) is 5. The normalized spacial score (nSPS) is 16.8. The van der Waals surface area contributed by atoms with Crippen molar-refractivity contribution in [3.8, 4) is 11.5 Å². The number of methoxy groups -OCH3 is 1. The Morgan fingerprint density at radius 1 is 1.39 bits per heavy atom. The lowest BCUT2D eigenvalue weighted by atomic mass is 10.1. The number of amides is 2. The highest BCUT2D eigenvalue weighted by molar-refractivity contribution is 5.76. The van der Waals surface area contributed by atoms with Crippen molar-refractivity contribution in [1.82, 2.24) is 5.32 Å². The van der Waals surface area contributed by atoms with Crippen LogP contribution < -0.4 is 20.5 Å². The molecule has 0 spiro atoms. The minimum absolute atomic E-state index is 0.0362. The van der Waals surface area contributed by atoms with Crippen molar-refractivity contribution in [3.05, 3.63) is 23.8 Å². The monoisotopic (exact) mass is 322 g/mol. The first-order valence-corrected chi connectivity index (χ1v) is 7.55. The highest BCUT2D eigenvalue weighted by Crippen LogP contribution is 2.28. The van der Waals surface area contributed by atoms with Crippen LogP contribution in [-0.4, -0.2) is 38.2 Å². The van der Waals surface area contributed by atoms with Crippen molar-refractivity contribution in [2.75, 3.05) is 20.3 Å². The number of carbonyl (C=O) groups is 2. The van der Waals surface area contributed by atoms with E-state index in [2.05, 4.69) is 5.32 Å². The summed E-state index contributed by atoms with van der Waals surface area (Å²) in [5.41, 5.74) is 5.92. The molecular formula is C16H22N2O5. The van der Waals surface area contributed by atoms with Gasteiger partial charge in [-0.05, 0) is 30.5 Å². The van der Waals surface area contributed by atoms with Crippen LogP contribution in [0.3, 0.4) is 0 Å². The molecule has 23 heavy (non-hydrogen) atoms. The molecule has 0 saturated carbocycles. The molecular weight excluding hydrogens is 300 g/mol. The standard InChI is InChI=1S/C16H22N2O5/c1-21-14-7-11(4-5-13(14)23-10-15(17)19)9-18-16(20)8-12-3-2-6-22-12/h4-5,7,12H,2-3,6,8-10H2,1H3,(H2,17,19)(H,18,20)/t12-/m1/s1. The van der Waals surface area contributed by atoms with E-state index in [1.165, 1.54) is 7.11 Å². The second-order valence-electron chi connectivity index (χ2n) is 5.36. The molecule has 2 amide bonds. The predicted molar refractivity (Wildman–Crippen MR) is 83.1 cm³/mol. The molecule has 1 aliphatic rings. The van der Waals surface area contributed by atoms with Crippen LogP contribution in [0.2, 0.25) is 0 Å². The highest BCUT2D eigenvalue weighted by Gasteiger charge is 2.18. The summed E-state index contributed by atoms with van der Waals surface area (Å²) in [7, 11) is 1.51. The van der Waals surface area contributed by atoms with Crippen LogP contribution in [0.15, 0.2) is 18.2 Å². The Hall–Kier alpha value is -2.28. The smallest absolute Gasteiger partial charge is 0.255 e. The minimum atomic E-state index is -0.558. The summed E-state index contributed by atoms with van der Waals surface area (Å²) >= 11 is 0. The second kappa shape index (κ2) is 8.38. The zero-order valence-electron chi connectivity index (χ0n) is 13.2. The first kappa shape index (κ1) is 17.1. The lowest BCUT2D eigenvalue weighted by Crippen LogP contribution is -2.26. The van der Waals surface area contributed by atoms with Gasteiger partial charge in [0.1, 0.15) is 0 Å². The van der Waals surface area contributed by atoms with Crippen molar-refractivity contribution in [2.24, 2.45) is 5.73 Å². The average molecular weight is 322 g/mol. The highest BCUT2D eigenvalue weighted by atomic mass is 16.5. The molecule has 0 aromatic heterocycles. The van der Waals surface area contributed by atoms with Crippen molar-refractivity contribution in [2.45, 2.75) is 31.9 Å². The van der Waals surface area contributed by atoms with E-state index in [-0.39, 0.29) is 18.6 Å². The van der Waals surface area contributed by atoms with Gasteiger partial charge in [0.25, 0.3) is 5.91 Å². The molecule has 2 rings (SSSR count). The number of primary amides is 1. The SMILES string of the molecule is COc1cc(CNC(=O)C[C@H]2CCCO2)ccc1OCC(N)=O. The Morgan fingerprint density at radius 3 is 2.87 bits per heavy atom. The Labute approximate surface area is 135 Å². The summed E-state index contributed by atoms with van der Waals surface area (Å²) in [6, 6.07) is 5.23. The lowest BCUT2D eigenvalue weighted by molar-refractivity contribution is -0.123. The molecule has 126 valence electrons. The fraction of sp³-hybridized carbons (Fsp3) is 0.500. The summed E-state index contributed by atoms with van der Waals surface area (Å²) < 4.78 is 15.9. The van der Waals surface area contributed by atoms with Crippen molar-refractivity contribution >= 4 is 11.8 Å². The molecule has 3 N–H and O–H groups in total. The van der Waals surface area contributed by atoms with Crippen molar-refractivity contribution in [3.63, 3.8) is 0 Å². The van der Waals surface area contributed by atoms with Crippen LogP contribution in [0.5, 0.6) is 11.5 Å². The van der Waals surface area contributed by atoms with E-state index in [0.717, 1.165) is 25.0 Å². The Kier molecular flexibility index (Phi) is 6.22. The van der Waals surface area contributed by atoms with Crippen LogP contribution in [0.4, 0.5) is 0 Å². The zero-order valence-corrected chi connectivity index (χ0v) is 13.2. The average Bonchev–Trinajstić information content (AvgIpc) is 3.04. The van der Waals surface area contributed by atoms with E-state index in [4.69, 9.17) is 19.9 Å². The molecule has 7 heteroatoms. The molecule has 1 fully saturated rings. The number of benzene rings is 1. The first-order chi connectivity index (χ1) is 11.1. The fourth-order valence-electron chi connectivity index (χ4n) is 2.38. The summed E-state index contributed by atoms with van der Waals surface area (Å²) in [5.74, 6) is 0.320. The molecule has 1 aromatic rings. The van der Waals surface area contributed by atoms with Crippen molar-refractivity contribution in [1.29, 1.82) is 0 Å². The number of hydrogen-bond donors (Lipinski definition) is 2. The van der Waals surface area contributed by atoms with Crippen LogP contribution in [0.25, 0.3) is 0 Å². The van der Waals surface area contributed by atoms with Gasteiger partial charge < -0.3 is 25.3 Å². The van der Waals surface area contributed by atoms with Gasteiger partial charge in [-0.25, -0.2) is 0 Å². The molecule has 1 saturated heterocycles. The van der Waals surface area contributed by atoms with E-state index in [9.17, 15) is 9.59 Å². The summed E-state index contributed by atoms with van der Waals surface area (Å²) in [5, 5.41) is 2.86. The van der Waals surface area contributed by atoms with Gasteiger partial charge >= 0.3 is 0 Å². The number of rotatable bonds is 8. The summed E-state index contributed by atoms with van der Waals surface area (Å²) in [4.78, 5) is 22.6. The number of carbonyl (C=O) groups excluding carboxylic acids is 2. The number of ether oxygens (including phenoxy) is 3. The third kappa shape index (κ3) is 5.45. The summed E-state index contributed by atoms with van der Waals surface area (Å²) in [6.45, 7) is 0.910. The van der Waals surface area contributed by atoms with Crippen LogP contribution in [-0.2, 0) is 20.9 Å². The molecule has 7 nitrogen and oxygen atoms in total. The maximum atomic E-state index is 11.9. The van der Waals surface area contributed by atoms with Gasteiger partial charge in [-0.3, -0.25) is 9.59 Å². The number of nitrogens with two attached hydrogens (primary N) is 1. The Balaban J connectivity index is 1.86. The van der Waals surface area contributed by atoms with Gasteiger partial charge in [0, 0.05) is 13.2 Å². The predicted octanol–water partition coefficient (Wildman–Crippen LogP) is 0.745. The van der Waals surface area contributed by atoms with Gasteiger partial charge in [0.2, 0.25) is 5.91 Å². The molecule has 1 aliphatic heterocycles. The maximum Gasteiger partial charge on any atom is 0.255 e. The van der Waals surface area contributed by atoms with E-state index < -0.39 is 5.91 Å². The third-order valence-electron chi connectivity index (χ3n) is 3.52. The zero-order chi connectivity index (χ0) is 16.7. The Morgan fingerprint density at radius 2 is 2.22 bits per heavy atom. The van der Waals surface area contributed by atoms with Gasteiger partial charge in [-0.1, -0.05) is 6.07 Å². The molecule has 0 radical (unpaired) electrons. The molecule has 0 unspecified atom stereocenters. The summed E-state index contributed by atoms with van der Waals surface area (Å²) in [6.07, 6.45) is 2.38. The molecule has 0 aliphatic carbocycles. The topological polar surface area (TPSA) is 99.9 Å². The molecule has 1 aromatic carbocycles. The van der Waals surface area contributed by atoms with E-state index >= 15 is 0 Å². The Bertz CT molecular complexity index is 555. The molecule has 0 bridgehead atoms. The number of nitrogens with one attached hydrogen (secondary N) is 1. The van der Waals surface area contributed by atoms with Gasteiger partial charge in [0.15, 0.2) is 18.1 Å². The minimum Gasteiger partial charge on any atom is -0.493 e. The fourth-order valence-corrected chi connectivity index (χ4v) is 2.38. The lowest BCUT2D eigenvalue weighted by Gasteiger charge is -2.13. The second-order valence-corrected chi connectivity index (χ2v) is 5.36. The van der Waals surface area contributed by atoms with Gasteiger partial charge in [-0.2, -0.15) is 0 Å². The van der Waals surface area contributed by atoms with Gasteiger partial charge in [0.05, 0.1) is 19.6 Å². The van der Waals surface area contributed by atoms with E-state index in [1.54, 1.807) is 18.2 Å². The van der Waals surface area contributed by atoms with Crippen molar-refractivity contribution < 1.29 is 23.8 Å². The van der Waals surface area contributed by atoms with E-state index in [0.29, 0.717) is 24.5 Å². The first-order valence-electron chi connectivity index (χ1n) is 7.55. The van der Waals surface area contributed by atoms with E-state index in [1.807, 2.05) is 0 Å². The molecule has 1 heterocycles. The molecule has 1 atom stereocenters.